The van der Waals surface area contributed by atoms with Gasteiger partial charge in [-0.1, -0.05) is 0 Å². The normalized spacial score (nSPS) is 29.5. The molecule has 0 saturated carbocycles. The van der Waals surface area contributed by atoms with Crippen molar-refractivity contribution < 1.29 is 9.53 Å². The van der Waals surface area contributed by atoms with Crippen molar-refractivity contribution in [1.82, 2.24) is 10.3 Å². The van der Waals surface area contributed by atoms with Crippen LogP contribution in [0.4, 0.5) is 0 Å². The zero-order chi connectivity index (χ0) is 13.2. The van der Waals surface area contributed by atoms with E-state index in [1.807, 2.05) is 6.07 Å². The number of ether oxygens (including phenoxy) is 1. The lowest BCUT2D eigenvalue weighted by molar-refractivity contribution is 0.00943. The van der Waals surface area contributed by atoms with Crippen molar-refractivity contribution in [3.05, 3.63) is 29.6 Å². The molecule has 19 heavy (non-hydrogen) atoms. The first-order valence-electron chi connectivity index (χ1n) is 6.50. The van der Waals surface area contributed by atoms with Gasteiger partial charge in [0, 0.05) is 24.2 Å². The average molecular weight is 257 g/mol. The Morgan fingerprint density at radius 2 is 2.11 bits per heavy atom. The summed E-state index contributed by atoms with van der Waals surface area (Å²) in [5.74, 6) is 0.100. The van der Waals surface area contributed by atoms with Gasteiger partial charge in [-0.15, -0.1) is 0 Å². The SMILES string of the molecule is N#Cc1ccc(C(=O)C2CC3COCC(C2)N3)nc1. The molecule has 1 aromatic rings. The summed E-state index contributed by atoms with van der Waals surface area (Å²) in [6.45, 7) is 1.36. The van der Waals surface area contributed by atoms with E-state index >= 15 is 0 Å². The van der Waals surface area contributed by atoms with Crippen LogP contribution in [0.1, 0.15) is 28.9 Å². The minimum Gasteiger partial charge on any atom is -0.378 e. The molecule has 5 nitrogen and oxygen atoms in total. The van der Waals surface area contributed by atoms with Crippen LogP contribution in [0.15, 0.2) is 18.3 Å². The summed E-state index contributed by atoms with van der Waals surface area (Å²) in [4.78, 5) is 16.5. The van der Waals surface area contributed by atoms with E-state index in [-0.39, 0.29) is 23.8 Å². The quantitative estimate of drug-likeness (QED) is 0.797. The Labute approximate surface area is 111 Å². The van der Waals surface area contributed by atoms with Gasteiger partial charge in [-0.2, -0.15) is 5.26 Å². The predicted octanol–water partition coefficient (Wildman–Crippen LogP) is 0.903. The van der Waals surface area contributed by atoms with E-state index in [0.29, 0.717) is 24.5 Å². The summed E-state index contributed by atoms with van der Waals surface area (Å²) in [7, 11) is 0. The average Bonchev–Trinajstić information content (AvgIpc) is 2.46. The van der Waals surface area contributed by atoms with Crippen LogP contribution in [0, 0.1) is 17.2 Å². The Balaban J connectivity index is 1.74. The van der Waals surface area contributed by atoms with E-state index < -0.39 is 0 Å². The van der Waals surface area contributed by atoms with Crippen molar-refractivity contribution in [2.24, 2.45) is 5.92 Å². The highest BCUT2D eigenvalue weighted by molar-refractivity contribution is 5.96. The molecule has 1 aromatic heterocycles. The monoisotopic (exact) mass is 257 g/mol. The second-order valence-electron chi connectivity index (χ2n) is 5.17. The van der Waals surface area contributed by atoms with Gasteiger partial charge < -0.3 is 10.1 Å². The van der Waals surface area contributed by atoms with Crippen LogP contribution < -0.4 is 5.32 Å². The Kier molecular flexibility index (Phi) is 3.28. The molecule has 2 aliphatic heterocycles. The summed E-state index contributed by atoms with van der Waals surface area (Å²) in [6, 6.07) is 5.85. The number of Topliss-reactive ketones (excluding diaryl/α,β-unsaturated/α-hetero) is 1. The molecule has 2 fully saturated rings. The smallest absolute Gasteiger partial charge is 0.184 e. The zero-order valence-corrected chi connectivity index (χ0v) is 10.5. The van der Waals surface area contributed by atoms with Crippen molar-refractivity contribution in [3.8, 4) is 6.07 Å². The summed E-state index contributed by atoms with van der Waals surface area (Å²) in [5.41, 5.74) is 0.942. The van der Waals surface area contributed by atoms with Crippen LogP contribution in [-0.4, -0.2) is 36.1 Å². The molecule has 0 aromatic carbocycles. The number of nitrogens with one attached hydrogen (secondary N) is 1. The van der Waals surface area contributed by atoms with Gasteiger partial charge in [0.25, 0.3) is 0 Å². The van der Waals surface area contributed by atoms with Gasteiger partial charge in [-0.25, -0.2) is 0 Å². The summed E-state index contributed by atoms with van der Waals surface area (Å²) < 4.78 is 5.48. The fourth-order valence-electron chi connectivity index (χ4n) is 2.87. The molecule has 0 aliphatic carbocycles. The fraction of sp³-hybridized carbons (Fsp3) is 0.500. The van der Waals surface area contributed by atoms with Gasteiger partial charge >= 0.3 is 0 Å². The number of nitriles is 1. The number of piperidine rings is 1. The van der Waals surface area contributed by atoms with E-state index in [1.165, 1.54) is 6.20 Å². The number of morpholine rings is 1. The number of hydrogen-bond acceptors (Lipinski definition) is 5. The van der Waals surface area contributed by atoms with Crippen molar-refractivity contribution in [2.75, 3.05) is 13.2 Å². The van der Waals surface area contributed by atoms with Crippen molar-refractivity contribution in [3.63, 3.8) is 0 Å². The molecular formula is C14H15N3O2. The largest absolute Gasteiger partial charge is 0.378 e. The molecule has 0 spiro atoms. The standard InChI is InChI=1S/C14H15N3O2/c15-5-9-1-2-13(16-6-9)14(18)10-3-11-7-19-8-12(4-10)17-11/h1-2,6,10-12,17H,3-4,7-8H2. The first kappa shape index (κ1) is 12.3. The Bertz CT molecular complexity index is 508. The third kappa shape index (κ3) is 2.50. The molecule has 0 amide bonds. The number of nitrogens with zero attached hydrogens (tertiary/aromatic N) is 2. The van der Waals surface area contributed by atoms with Crippen LogP contribution >= 0.6 is 0 Å². The molecule has 2 unspecified atom stereocenters. The minimum absolute atomic E-state index is 0.0144. The minimum atomic E-state index is 0.0144. The third-order valence-corrected chi connectivity index (χ3v) is 3.76. The van der Waals surface area contributed by atoms with E-state index in [2.05, 4.69) is 10.3 Å². The van der Waals surface area contributed by atoms with Gasteiger partial charge in [-0.3, -0.25) is 9.78 Å². The maximum absolute atomic E-state index is 12.4. The molecule has 5 heteroatoms. The Hall–Kier alpha value is -1.77. The van der Waals surface area contributed by atoms with Gasteiger partial charge in [0.15, 0.2) is 5.78 Å². The summed E-state index contributed by atoms with van der Waals surface area (Å²) in [5, 5.41) is 12.2. The number of hydrogen-bond donors (Lipinski definition) is 1. The molecule has 98 valence electrons. The zero-order valence-electron chi connectivity index (χ0n) is 10.5. The van der Waals surface area contributed by atoms with E-state index in [4.69, 9.17) is 10.00 Å². The van der Waals surface area contributed by atoms with Gasteiger partial charge in [-0.05, 0) is 25.0 Å². The van der Waals surface area contributed by atoms with Crippen LogP contribution in [0.2, 0.25) is 0 Å². The Morgan fingerprint density at radius 1 is 1.37 bits per heavy atom. The van der Waals surface area contributed by atoms with Crippen LogP contribution in [0.25, 0.3) is 0 Å². The first-order chi connectivity index (χ1) is 9.26. The first-order valence-corrected chi connectivity index (χ1v) is 6.50. The van der Waals surface area contributed by atoms with Gasteiger partial charge in [0.2, 0.25) is 0 Å². The van der Waals surface area contributed by atoms with Crippen molar-refractivity contribution in [1.29, 1.82) is 5.26 Å². The number of carbonyl (C=O) groups is 1. The maximum Gasteiger partial charge on any atom is 0.184 e. The van der Waals surface area contributed by atoms with Crippen LogP contribution in [0.5, 0.6) is 0 Å². The molecule has 1 N–H and O–H groups in total. The lowest BCUT2D eigenvalue weighted by Crippen LogP contribution is -2.55. The molecule has 3 heterocycles. The predicted molar refractivity (Wildman–Crippen MR) is 67.5 cm³/mol. The van der Waals surface area contributed by atoms with E-state index in [0.717, 1.165) is 12.8 Å². The number of aromatic nitrogens is 1. The molecule has 2 aliphatic rings. The van der Waals surface area contributed by atoms with E-state index in [1.54, 1.807) is 12.1 Å². The Morgan fingerprint density at radius 3 is 2.68 bits per heavy atom. The number of ketones is 1. The van der Waals surface area contributed by atoms with Crippen LogP contribution in [0.3, 0.4) is 0 Å². The number of fused-ring (bicyclic) bond motifs is 2. The molecule has 0 radical (unpaired) electrons. The summed E-state index contributed by atoms with van der Waals surface area (Å²) >= 11 is 0. The lowest BCUT2D eigenvalue weighted by Gasteiger charge is -2.39. The lowest BCUT2D eigenvalue weighted by atomic mass is 9.83. The second kappa shape index (κ2) is 5.08. The second-order valence-corrected chi connectivity index (χ2v) is 5.17. The maximum atomic E-state index is 12.4. The van der Waals surface area contributed by atoms with Crippen molar-refractivity contribution in [2.45, 2.75) is 24.9 Å². The highest BCUT2D eigenvalue weighted by Gasteiger charge is 2.35. The summed E-state index contributed by atoms with van der Waals surface area (Å²) in [6.07, 6.45) is 3.06. The molecule has 3 rings (SSSR count). The molecule has 2 saturated heterocycles. The molecule has 2 atom stereocenters. The van der Waals surface area contributed by atoms with Gasteiger partial charge in [0.05, 0.1) is 18.8 Å². The highest BCUT2D eigenvalue weighted by atomic mass is 16.5. The van der Waals surface area contributed by atoms with Crippen molar-refractivity contribution >= 4 is 5.78 Å². The molecular weight excluding hydrogens is 242 g/mol. The highest BCUT2D eigenvalue weighted by Crippen LogP contribution is 2.26. The fourth-order valence-corrected chi connectivity index (χ4v) is 2.87. The van der Waals surface area contributed by atoms with Crippen LogP contribution in [-0.2, 0) is 4.74 Å². The number of carbonyl (C=O) groups excluding carboxylic acids is 1. The third-order valence-electron chi connectivity index (χ3n) is 3.76. The molecule has 2 bridgehead atoms. The number of rotatable bonds is 2. The topological polar surface area (TPSA) is 75.0 Å². The van der Waals surface area contributed by atoms with E-state index in [9.17, 15) is 4.79 Å². The van der Waals surface area contributed by atoms with Gasteiger partial charge in [0.1, 0.15) is 11.8 Å². The number of pyridine rings is 1.